The Kier molecular flexibility index (Phi) is 4.59. The monoisotopic (exact) mass is 370 g/mol. The van der Waals surface area contributed by atoms with Gasteiger partial charge in [0, 0.05) is 10.7 Å². The van der Waals surface area contributed by atoms with Crippen molar-refractivity contribution in [1.82, 2.24) is 4.98 Å². The molecular formula is C13H11BrN2O4S. The van der Waals surface area contributed by atoms with Crippen molar-refractivity contribution in [1.29, 1.82) is 0 Å². The van der Waals surface area contributed by atoms with Gasteiger partial charge in [-0.25, -0.2) is 18.2 Å². The Morgan fingerprint density at radius 3 is 2.67 bits per heavy atom. The van der Waals surface area contributed by atoms with E-state index in [0.717, 1.165) is 0 Å². The molecule has 0 atom stereocenters. The smallest absolute Gasteiger partial charge is 0.339 e. The number of carbonyl (C=O) groups is 1. The van der Waals surface area contributed by atoms with Gasteiger partial charge in [-0.3, -0.25) is 4.72 Å². The van der Waals surface area contributed by atoms with E-state index in [9.17, 15) is 13.2 Å². The van der Waals surface area contributed by atoms with Gasteiger partial charge in [-0.2, -0.15) is 0 Å². The average Bonchev–Trinajstić information content (AvgIpc) is 2.46. The fourth-order valence-corrected chi connectivity index (χ4v) is 3.16. The molecule has 0 fully saturated rings. The van der Waals surface area contributed by atoms with Crippen LogP contribution in [0.2, 0.25) is 0 Å². The van der Waals surface area contributed by atoms with Gasteiger partial charge in [-0.05, 0) is 24.3 Å². The normalized spacial score (nSPS) is 11.0. The highest BCUT2D eigenvalue weighted by Crippen LogP contribution is 2.21. The van der Waals surface area contributed by atoms with E-state index in [2.05, 4.69) is 30.4 Å². The number of hydrogen-bond acceptors (Lipinski definition) is 5. The van der Waals surface area contributed by atoms with Crippen LogP contribution in [-0.4, -0.2) is 26.5 Å². The third-order valence-corrected chi connectivity index (χ3v) is 4.45. The summed E-state index contributed by atoms with van der Waals surface area (Å²) < 4.78 is 32.3. The summed E-state index contributed by atoms with van der Waals surface area (Å²) in [4.78, 5) is 15.4. The Labute approximate surface area is 130 Å². The molecular weight excluding hydrogens is 360 g/mol. The number of esters is 1. The van der Waals surface area contributed by atoms with Crippen LogP contribution in [0.3, 0.4) is 0 Å². The van der Waals surface area contributed by atoms with E-state index >= 15 is 0 Å². The van der Waals surface area contributed by atoms with Gasteiger partial charge >= 0.3 is 5.97 Å². The van der Waals surface area contributed by atoms with Gasteiger partial charge in [0.25, 0.3) is 10.0 Å². The highest BCUT2D eigenvalue weighted by atomic mass is 79.9. The minimum atomic E-state index is -3.95. The molecule has 6 nitrogen and oxygen atoms in total. The van der Waals surface area contributed by atoms with Crippen LogP contribution in [0.25, 0.3) is 0 Å². The van der Waals surface area contributed by atoms with E-state index in [-0.39, 0.29) is 16.3 Å². The van der Waals surface area contributed by atoms with E-state index < -0.39 is 16.0 Å². The number of rotatable bonds is 4. The van der Waals surface area contributed by atoms with Gasteiger partial charge in [-0.1, -0.05) is 28.1 Å². The summed E-state index contributed by atoms with van der Waals surface area (Å²) >= 11 is 3.23. The Morgan fingerprint density at radius 1 is 1.29 bits per heavy atom. The molecule has 0 spiro atoms. The highest BCUT2D eigenvalue weighted by Gasteiger charge is 2.23. The second-order valence-corrected chi connectivity index (χ2v) is 6.52. The average molecular weight is 371 g/mol. The van der Waals surface area contributed by atoms with Crippen LogP contribution < -0.4 is 4.72 Å². The molecule has 0 amide bonds. The molecule has 1 heterocycles. The summed E-state index contributed by atoms with van der Waals surface area (Å²) in [5, 5.41) is 0. The largest absolute Gasteiger partial charge is 0.465 e. The predicted octanol–water partition coefficient (Wildman–Crippen LogP) is 2.43. The second-order valence-electron chi connectivity index (χ2n) is 3.95. The van der Waals surface area contributed by atoms with Gasteiger partial charge in [0.2, 0.25) is 0 Å². The first kappa shape index (κ1) is 15.5. The number of aromatic nitrogens is 1. The van der Waals surface area contributed by atoms with Crippen molar-refractivity contribution >= 4 is 37.7 Å². The van der Waals surface area contributed by atoms with Crippen LogP contribution in [-0.2, 0) is 14.8 Å². The van der Waals surface area contributed by atoms with Crippen molar-refractivity contribution in [3.63, 3.8) is 0 Å². The van der Waals surface area contributed by atoms with Gasteiger partial charge in [0.05, 0.1) is 12.7 Å². The van der Waals surface area contributed by atoms with Crippen LogP contribution in [0, 0.1) is 0 Å². The molecule has 0 aliphatic carbocycles. The zero-order chi connectivity index (χ0) is 15.5. The van der Waals surface area contributed by atoms with Crippen molar-refractivity contribution in [2.45, 2.75) is 4.90 Å². The van der Waals surface area contributed by atoms with Crippen LogP contribution >= 0.6 is 15.9 Å². The Hall–Kier alpha value is -1.93. The number of benzene rings is 1. The summed E-state index contributed by atoms with van der Waals surface area (Å²) in [5.74, 6) is -0.581. The topological polar surface area (TPSA) is 85.4 Å². The molecule has 110 valence electrons. The number of nitrogens with one attached hydrogen (secondary N) is 1. The molecule has 21 heavy (non-hydrogen) atoms. The van der Waals surface area contributed by atoms with Gasteiger partial charge in [0.15, 0.2) is 0 Å². The fraction of sp³-hybridized carbons (Fsp3) is 0.0769. The third kappa shape index (κ3) is 3.59. The molecule has 0 bridgehead atoms. The summed E-state index contributed by atoms with van der Waals surface area (Å²) in [6, 6.07) is 8.97. The Bertz CT molecular complexity index is 777. The maximum absolute atomic E-state index is 12.4. The number of hydrogen-bond donors (Lipinski definition) is 1. The molecule has 1 aromatic carbocycles. The maximum Gasteiger partial charge on any atom is 0.339 e. The van der Waals surface area contributed by atoms with Crippen molar-refractivity contribution < 1.29 is 17.9 Å². The zero-order valence-corrected chi connectivity index (χ0v) is 13.3. The number of ether oxygens (including phenoxy) is 1. The van der Waals surface area contributed by atoms with Crippen LogP contribution in [0.15, 0.2) is 52.0 Å². The standard InChI is InChI=1S/C13H11BrN2O4S/c1-20-13(17)10-4-2-3-5-11(10)21(18,19)16-12-8-9(14)6-7-15-12/h2-8H,1H3,(H,15,16). The molecule has 0 radical (unpaired) electrons. The van der Waals surface area contributed by atoms with Crippen molar-refractivity contribution in [3.05, 3.63) is 52.6 Å². The van der Waals surface area contributed by atoms with Crippen molar-refractivity contribution in [2.24, 2.45) is 0 Å². The summed E-state index contributed by atoms with van der Waals surface area (Å²) in [5.41, 5.74) is -0.0394. The Morgan fingerprint density at radius 2 is 2.00 bits per heavy atom. The van der Waals surface area contributed by atoms with E-state index in [1.807, 2.05) is 0 Å². The minimum Gasteiger partial charge on any atom is -0.465 e. The third-order valence-electron chi connectivity index (χ3n) is 2.54. The first-order valence-corrected chi connectivity index (χ1v) is 8.03. The lowest BCUT2D eigenvalue weighted by molar-refractivity contribution is 0.0596. The van der Waals surface area contributed by atoms with Crippen molar-refractivity contribution in [3.8, 4) is 0 Å². The SMILES string of the molecule is COC(=O)c1ccccc1S(=O)(=O)Nc1cc(Br)ccn1. The molecule has 0 unspecified atom stereocenters. The van der Waals surface area contributed by atoms with E-state index in [1.165, 1.54) is 37.6 Å². The summed E-state index contributed by atoms with van der Waals surface area (Å²) in [6.07, 6.45) is 1.45. The first-order chi connectivity index (χ1) is 9.94. The molecule has 0 aliphatic heterocycles. The maximum atomic E-state index is 12.4. The number of nitrogens with zero attached hydrogens (tertiary/aromatic N) is 1. The van der Waals surface area contributed by atoms with E-state index in [1.54, 1.807) is 12.1 Å². The Balaban J connectivity index is 2.43. The zero-order valence-electron chi connectivity index (χ0n) is 10.9. The molecule has 2 aromatic rings. The molecule has 1 N–H and O–H groups in total. The number of sulfonamides is 1. The van der Waals surface area contributed by atoms with Crippen LogP contribution in [0.1, 0.15) is 10.4 Å². The van der Waals surface area contributed by atoms with Crippen LogP contribution in [0.4, 0.5) is 5.82 Å². The number of carbonyl (C=O) groups excluding carboxylic acids is 1. The van der Waals surface area contributed by atoms with Gasteiger partial charge < -0.3 is 4.74 Å². The second kappa shape index (κ2) is 6.23. The molecule has 1 aromatic heterocycles. The minimum absolute atomic E-state index is 0.0394. The molecule has 8 heteroatoms. The van der Waals surface area contributed by atoms with Crippen LogP contribution in [0.5, 0.6) is 0 Å². The van der Waals surface area contributed by atoms with E-state index in [4.69, 9.17) is 0 Å². The fourth-order valence-electron chi connectivity index (χ4n) is 1.63. The molecule has 0 saturated carbocycles. The lowest BCUT2D eigenvalue weighted by Crippen LogP contribution is -2.18. The predicted molar refractivity (Wildman–Crippen MR) is 80.5 cm³/mol. The number of anilines is 1. The van der Waals surface area contributed by atoms with E-state index in [0.29, 0.717) is 4.47 Å². The summed E-state index contributed by atoms with van der Waals surface area (Å²) in [6.45, 7) is 0. The van der Waals surface area contributed by atoms with Gasteiger partial charge in [0.1, 0.15) is 10.7 Å². The molecule has 0 saturated heterocycles. The molecule has 0 aliphatic rings. The van der Waals surface area contributed by atoms with Gasteiger partial charge in [-0.15, -0.1) is 0 Å². The number of halogens is 1. The first-order valence-electron chi connectivity index (χ1n) is 5.76. The number of methoxy groups -OCH3 is 1. The lowest BCUT2D eigenvalue weighted by Gasteiger charge is -2.10. The molecule has 2 rings (SSSR count). The number of pyridine rings is 1. The highest BCUT2D eigenvalue weighted by molar-refractivity contribution is 9.10. The lowest BCUT2D eigenvalue weighted by atomic mass is 10.2. The van der Waals surface area contributed by atoms with Crippen molar-refractivity contribution in [2.75, 3.05) is 11.8 Å². The summed E-state index contributed by atoms with van der Waals surface area (Å²) in [7, 11) is -2.76. The quantitative estimate of drug-likeness (QED) is 0.835.